The summed E-state index contributed by atoms with van der Waals surface area (Å²) in [6.07, 6.45) is 5.05. The molecular formula is C41H40. The van der Waals surface area contributed by atoms with Gasteiger partial charge < -0.3 is 0 Å². The zero-order chi connectivity index (χ0) is 29.1. The van der Waals surface area contributed by atoms with Crippen molar-refractivity contribution in [3.05, 3.63) is 132 Å². The van der Waals surface area contributed by atoms with Crippen molar-refractivity contribution in [1.82, 2.24) is 0 Å². The van der Waals surface area contributed by atoms with E-state index in [2.05, 4.69) is 130 Å². The van der Waals surface area contributed by atoms with Crippen LogP contribution in [-0.2, 0) is 5.41 Å². The molecule has 5 aromatic rings. The van der Waals surface area contributed by atoms with Crippen molar-refractivity contribution in [2.45, 2.75) is 74.7 Å². The molecule has 2 aliphatic rings. The SMILES string of the molecule is CC1=C(C)c2c(C)c(C)c(C)c(C)c2C2(C=Cc3c2c2ccccc2c2ccccc32)c2c(C)c(C)c(C)c(C)c21. The van der Waals surface area contributed by atoms with E-state index >= 15 is 0 Å². The highest BCUT2D eigenvalue weighted by Gasteiger charge is 2.48. The molecule has 1 spiro atoms. The molecule has 0 fully saturated rings. The molecule has 0 nitrogen and oxygen atoms in total. The van der Waals surface area contributed by atoms with Crippen LogP contribution < -0.4 is 0 Å². The third kappa shape index (κ3) is 3.01. The third-order valence-electron chi connectivity index (χ3n) is 11.3. The van der Waals surface area contributed by atoms with E-state index in [9.17, 15) is 0 Å². The first-order valence-corrected chi connectivity index (χ1v) is 15.1. The monoisotopic (exact) mass is 532 g/mol. The van der Waals surface area contributed by atoms with E-state index in [0.717, 1.165) is 0 Å². The Bertz CT molecular complexity index is 1990. The van der Waals surface area contributed by atoms with Crippen LogP contribution in [0.15, 0.2) is 54.6 Å². The van der Waals surface area contributed by atoms with Crippen molar-refractivity contribution in [1.29, 1.82) is 0 Å². The Morgan fingerprint density at radius 2 is 0.780 bits per heavy atom. The normalized spacial score (nSPS) is 15.1. The van der Waals surface area contributed by atoms with Crippen molar-refractivity contribution < 1.29 is 0 Å². The highest BCUT2D eigenvalue weighted by atomic mass is 14.5. The van der Waals surface area contributed by atoms with Gasteiger partial charge in [0.15, 0.2) is 0 Å². The van der Waals surface area contributed by atoms with Crippen LogP contribution in [0.1, 0.15) is 91.7 Å². The van der Waals surface area contributed by atoms with Crippen LogP contribution in [-0.4, -0.2) is 0 Å². The van der Waals surface area contributed by atoms with Crippen molar-refractivity contribution in [3.63, 3.8) is 0 Å². The maximum absolute atomic E-state index is 2.59. The van der Waals surface area contributed by atoms with E-state index in [0.29, 0.717) is 0 Å². The maximum Gasteiger partial charge on any atom is 0.0664 e. The van der Waals surface area contributed by atoms with Crippen molar-refractivity contribution in [2.75, 3.05) is 0 Å². The molecule has 0 heterocycles. The lowest BCUT2D eigenvalue weighted by Gasteiger charge is -2.39. The number of hydrogen-bond acceptors (Lipinski definition) is 0. The summed E-state index contributed by atoms with van der Waals surface area (Å²) in [5.41, 5.74) is 22.5. The molecule has 0 radical (unpaired) electrons. The van der Waals surface area contributed by atoms with Crippen LogP contribution in [0.25, 0.3) is 38.8 Å². The molecule has 0 atom stereocenters. The first kappa shape index (κ1) is 26.0. The number of allylic oxidation sites excluding steroid dienone is 3. The lowest BCUT2D eigenvalue weighted by Crippen LogP contribution is -2.31. The van der Waals surface area contributed by atoms with Gasteiger partial charge in [0.1, 0.15) is 0 Å². The Balaban J connectivity index is 1.86. The number of hydrogen-bond donors (Lipinski definition) is 0. The zero-order valence-electron chi connectivity index (χ0n) is 26.3. The van der Waals surface area contributed by atoms with Gasteiger partial charge in [-0.05, 0) is 180 Å². The van der Waals surface area contributed by atoms with E-state index in [1.54, 1.807) is 0 Å². The molecule has 0 bridgehead atoms. The standard InChI is InChI=1S/C41H40/c1-21-23(3)29(9)38-36(25(21)5)27(7)28(8)37-26(6)22(2)24(4)30(10)39(37)41(38)20-19-35-33-17-12-11-15-31(33)32-16-13-14-18-34(32)40(35)41/h11-20H,1-10H3. The topological polar surface area (TPSA) is 0 Å². The minimum absolute atomic E-state index is 0.400. The summed E-state index contributed by atoms with van der Waals surface area (Å²) >= 11 is 0. The van der Waals surface area contributed by atoms with Crippen LogP contribution in [0.5, 0.6) is 0 Å². The molecule has 7 rings (SSSR count). The Morgan fingerprint density at radius 1 is 0.390 bits per heavy atom. The van der Waals surface area contributed by atoms with Gasteiger partial charge in [-0.3, -0.25) is 0 Å². The second-order valence-electron chi connectivity index (χ2n) is 12.8. The first-order valence-electron chi connectivity index (χ1n) is 15.1. The predicted molar refractivity (Wildman–Crippen MR) is 179 cm³/mol. The Morgan fingerprint density at radius 3 is 1.27 bits per heavy atom. The van der Waals surface area contributed by atoms with Gasteiger partial charge in [-0.15, -0.1) is 0 Å². The summed E-state index contributed by atoms with van der Waals surface area (Å²) in [7, 11) is 0. The summed E-state index contributed by atoms with van der Waals surface area (Å²) in [5, 5.41) is 5.39. The van der Waals surface area contributed by atoms with E-state index in [-0.39, 0.29) is 0 Å². The van der Waals surface area contributed by atoms with Crippen LogP contribution >= 0.6 is 0 Å². The second-order valence-corrected chi connectivity index (χ2v) is 12.8. The van der Waals surface area contributed by atoms with Gasteiger partial charge in [0.2, 0.25) is 0 Å². The van der Waals surface area contributed by atoms with E-state index in [1.807, 2.05) is 0 Å². The summed E-state index contributed by atoms with van der Waals surface area (Å²) in [6, 6.07) is 18.1. The van der Waals surface area contributed by atoms with Crippen LogP contribution in [0, 0.1) is 55.4 Å². The number of rotatable bonds is 0. The fraction of sp³-hybridized carbons (Fsp3) is 0.268. The van der Waals surface area contributed by atoms with E-state index in [4.69, 9.17) is 0 Å². The van der Waals surface area contributed by atoms with Gasteiger partial charge in [-0.1, -0.05) is 60.7 Å². The molecule has 0 unspecified atom stereocenters. The van der Waals surface area contributed by atoms with Gasteiger partial charge in [0.25, 0.3) is 0 Å². The van der Waals surface area contributed by atoms with Gasteiger partial charge in [0.05, 0.1) is 5.41 Å². The molecule has 5 aromatic carbocycles. The van der Waals surface area contributed by atoms with E-state index < -0.39 is 5.41 Å². The molecular weight excluding hydrogens is 492 g/mol. The van der Waals surface area contributed by atoms with Crippen molar-refractivity contribution in [2.24, 2.45) is 0 Å². The van der Waals surface area contributed by atoms with Crippen LogP contribution in [0.3, 0.4) is 0 Å². The molecule has 204 valence electrons. The fourth-order valence-electron chi connectivity index (χ4n) is 8.52. The van der Waals surface area contributed by atoms with Gasteiger partial charge >= 0.3 is 0 Å². The lowest BCUT2D eigenvalue weighted by atomic mass is 9.63. The molecule has 0 amide bonds. The minimum atomic E-state index is -0.400. The second kappa shape index (κ2) is 8.56. The molecule has 0 aromatic heterocycles. The van der Waals surface area contributed by atoms with Gasteiger partial charge in [0, 0.05) is 0 Å². The molecule has 0 saturated heterocycles. The molecule has 0 N–H and O–H groups in total. The summed E-state index contributed by atoms with van der Waals surface area (Å²) in [4.78, 5) is 0. The largest absolute Gasteiger partial charge is 0.0664 e. The molecule has 2 aliphatic carbocycles. The van der Waals surface area contributed by atoms with E-state index in [1.165, 1.54) is 111 Å². The maximum atomic E-state index is 2.59. The molecule has 0 saturated carbocycles. The highest BCUT2D eigenvalue weighted by Crippen LogP contribution is 2.59. The fourth-order valence-corrected chi connectivity index (χ4v) is 8.52. The quantitative estimate of drug-likeness (QED) is 0.174. The lowest BCUT2D eigenvalue weighted by molar-refractivity contribution is 0.773. The zero-order valence-corrected chi connectivity index (χ0v) is 26.3. The summed E-state index contributed by atoms with van der Waals surface area (Å²) in [6.45, 7) is 23.5. The summed E-state index contributed by atoms with van der Waals surface area (Å²) < 4.78 is 0. The number of benzene rings is 5. The summed E-state index contributed by atoms with van der Waals surface area (Å²) in [5.74, 6) is 0. The average molecular weight is 533 g/mol. The highest BCUT2D eigenvalue weighted by molar-refractivity contribution is 6.15. The van der Waals surface area contributed by atoms with Crippen LogP contribution in [0.2, 0.25) is 0 Å². The number of fused-ring (bicyclic) bond motifs is 11. The van der Waals surface area contributed by atoms with Crippen LogP contribution in [0.4, 0.5) is 0 Å². The first-order chi connectivity index (χ1) is 19.5. The third-order valence-corrected chi connectivity index (χ3v) is 11.3. The van der Waals surface area contributed by atoms with Crippen molar-refractivity contribution >= 4 is 38.8 Å². The molecule has 0 aliphatic heterocycles. The molecule has 41 heavy (non-hydrogen) atoms. The van der Waals surface area contributed by atoms with Gasteiger partial charge in [-0.25, -0.2) is 0 Å². The predicted octanol–water partition coefficient (Wildman–Crippen LogP) is 11.1. The smallest absolute Gasteiger partial charge is 0.0645 e. The minimum Gasteiger partial charge on any atom is -0.0645 e. The van der Waals surface area contributed by atoms with Gasteiger partial charge in [-0.2, -0.15) is 0 Å². The Hall–Kier alpha value is -3.90. The Kier molecular flexibility index (Phi) is 5.43. The Labute approximate surface area is 245 Å². The molecule has 0 heteroatoms. The van der Waals surface area contributed by atoms with Crippen molar-refractivity contribution in [3.8, 4) is 0 Å². The average Bonchev–Trinajstić information content (AvgIpc) is 3.35.